The average Bonchev–Trinajstić information content (AvgIpc) is 1.81. The maximum absolute atomic E-state index is 3.53. The number of rotatable bonds is 4. The van der Waals surface area contributed by atoms with E-state index in [1.807, 2.05) is 0 Å². The van der Waals surface area contributed by atoms with Crippen molar-refractivity contribution in [2.75, 3.05) is 13.1 Å². The monoisotopic (exact) mass is 160 g/mol. The summed E-state index contributed by atoms with van der Waals surface area (Å²) in [6.07, 6.45) is 0. The Morgan fingerprint density at radius 3 is 1.60 bits per heavy atom. The Kier molecular flexibility index (Phi) is 4.16. The molecule has 0 fully saturated rings. The summed E-state index contributed by atoms with van der Waals surface area (Å²) in [5, 5.41) is 5.80. The highest BCUT2D eigenvalue weighted by Crippen LogP contribution is 1.95. The number of hydrogen-bond acceptors (Lipinski definition) is 2. The van der Waals surface area contributed by atoms with Gasteiger partial charge in [0.1, 0.15) is 8.24 Å². The Hall–Kier alpha value is 0.137. The molecule has 0 saturated heterocycles. The van der Waals surface area contributed by atoms with Crippen LogP contribution in [0.3, 0.4) is 0 Å². The average molecular weight is 160 g/mol. The van der Waals surface area contributed by atoms with Gasteiger partial charge in [0, 0.05) is 13.1 Å². The molecule has 0 amide bonds. The van der Waals surface area contributed by atoms with Crippen LogP contribution in [-0.4, -0.2) is 26.3 Å². The van der Waals surface area contributed by atoms with E-state index in [0.717, 1.165) is 13.1 Å². The van der Waals surface area contributed by atoms with Crippen molar-refractivity contribution in [1.29, 1.82) is 0 Å². The van der Waals surface area contributed by atoms with Gasteiger partial charge < -0.3 is 0 Å². The second kappa shape index (κ2) is 4.11. The quantitative estimate of drug-likeness (QED) is 0.497. The van der Waals surface area contributed by atoms with E-state index in [-0.39, 0.29) is 0 Å². The van der Waals surface area contributed by atoms with Crippen LogP contribution in [-0.2, 0) is 0 Å². The summed E-state index contributed by atoms with van der Waals surface area (Å²) in [4.78, 5) is 0. The van der Waals surface area contributed by atoms with Crippen LogP contribution in [0.2, 0.25) is 19.6 Å². The number of hydrogen-bond donors (Lipinski definition) is 1. The van der Waals surface area contributed by atoms with Gasteiger partial charge in [0.15, 0.2) is 0 Å². The highest BCUT2D eigenvalue weighted by molar-refractivity contribution is 6.73. The van der Waals surface area contributed by atoms with Gasteiger partial charge in [-0.3, -0.25) is 10.1 Å². The Bertz CT molecular complexity index is 84.1. The van der Waals surface area contributed by atoms with Gasteiger partial charge in [-0.05, 0) is 0 Å². The Morgan fingerprint density at radius 2 is 1.50 bits per heavy atom. The summed E-state index contributed by atoms with van der Waals surface area (Å²) in [6, 6.07) is 0. The van der Waals surface area contributed by atoms with Crippen molar-refractivity contribution < 1.29 is 0 Å². The topological polar surface area (TPSA) is 15.3 Å². The van der Waals surface area contributed by atoms with Crippen molar-refractivity contribution in [2.24, 2.45) is 0 Å². The summed E-state index contributed by atoms with van der Waals surface area (Å²) in [5.74, 6) is 0. The smallest absolute Gasteiger partial charge is 0.132 e. The summed E-state index contributed by atoms with van der Waals surface area (Å²) in [7, 11) is -1.09. The molecule has 1 N–H and O–H groups in total. The molecular weight excluding hydrogens is 140 g/mol. The molecule has 0 aliphatic carbocycles. The minimum absolute atomic E-state index is 1.09. The van der Waals surface area contributed by atoms with Crippen molar-refractivity contribution in [3.8, 4) is 0 Å². The molecule has 0 spiro atoms. The Labute approximate surface area is 65.7 Å². The molecule has 0 aromatic carbocycles. The minimum Gasteiger partial charge on any atom is -0.277 e. The largest absolute Gasteiger partial charge is 0.277 e. The zero-order valence-corrected chi connectivity index (χ0v) is 8.86. The number of nitrogens with one attached hydrogen (secondary N) is 1. The molecule has 0 atom stereocenters. The van der Waals surface area contributed by atoms with Crippen molar-refractivity contribution in [3.05, 3.63) is 0 Å². The van der Waals surface area contributed by atoms with E-state index in [4.69, 9.17) is 0 Å². The Morgan fingerprint density at radius 1 is 1.10 bits per heavy atom. The lowest BCUT2D eigenvalue weighted by Crippen LogP contribution is -2.52. The van der Waals surface area contributed by atoms with E-state index in [1.165, 1.54) is 0 Å². The summed E-state index contributed by atoms with van der Waals surface area (Å²) < 4.78 is 0. The van der Waals surface area contributed by atoms with E-state index < -0.39 is 8.24 Å². The fourth-order valence-electron chi connectivity index (χ4n) is 0.856. The fraction of sp³-hybridized carbons (Fsp3) is 1.00. The van der Waals surface area contributed by atoms with Crippen LogP contribution in [0, 0.1) is 0 Å². The highest BCUT2D eigenvalue weighted by Gasteiger charge is 2.14. The molecule has 62 valence electrons. The fourth-order valence-corrected chi connectivity index (χ4v) is 2.12. The molecule has 0 aromatic rings. The predicted molar refractivity (Wildman–Crippen MR) is 49.4 cm³/mol. The van der Waals surface area contributed by atoms with Crippen LogP contribution in [0.5, 0.6) is 0 Å². The maximum atomic E-state index is 3.53. The van der Waals surface area contributed by atoms with Crippen LogP contribution in [0.1, 0.15) is 13.8 Å². The third-order valence-corrected chi connectivity index (χ3v) is 2.24. The molecular formula is C7H20N2Si. The van der Waals surface area contributed by atoms with Crippen molar-refractivity contribution in [2.45, 2.75) is 33.5 Å². The van der Waals surface area contributed by atoms with Crippen molar-refractivity contribution in [1.82, 2.24) is 10.1 Å². The third-order valence-electron chi connectivity index (χ3n) is 1.26. The first-order valence-electron chi connectivity index (χ1n) is 4.02. The molecule has 0 aliphatic heterocycles. The maximum Gasteiger partial charge on any atom is 0.132 e. The zero-order valence-electron chi connectivity index (χ0n) is 7.86. The first-order chi connectivity index (χ1) is 4.49. The summed E-state index contributed by atoms with van der Waals surface area (Å²) in [6.45, 7) is 13.5. The van der Waals surface area contributed by atoms with Gasteiger partial charge in [-0.15, -0.1) is 0 Å². The van der Waals surface area contributed by atoms with E-state index >= 15 is 0 Å². The molecule has 0 bridgehead atoms. The lowest BCUT2D eigenvalue weighted by molar-refractivity contribution is 0.264. The molecule has 0 aliphatic rings. The predicted octanol–water partition coefficient (Wildman–Crippen LogP) is 1.67. The minimum atomic E-state index is -1.09. The lowest BCUT2D eigenvalue weighted by atomic mass is 10.6. The standard InChI is InChI=1S/C7H20N2Si/c1-6-9(7-2)8-10(3,4)5/h8H,6-7H2,1-5H3. The van der Waals surface area contributed by atoms with Crippen molar-refractivity contribution >= 4 is 8.24 Å². The van der Waals surface area contributed by atoms with Crippen molar-refractivity contribution in [3.63, 3.8) is 0 Å². The molecule has 10 heavy (non-hydrogen) atoms. The van der Waals surface area contributed by atoms with Gasteiger partial charge in [0.05, 0.1) is 0 Å². The van der Waals surface area contributed by atoms with Gasteiger partial charge in [-0.2, -0.15) is 0 Å². The van der Waals surface area contributed by atoms with Gasteiger partial charge >= 0.3 is 0 Å². The second-order valence-corrected chi connectivity index (χ2v) is 8.26. The molecule has 0 radical (unpaired) electrons. The Balaban J connectivity index is 3.63. The van der Waals surface area contributed by atoms with Crippen LogP contribution in [0.25, 0.3) is 0 Å². The second-order valence-electron chi connectivity index (χ2n) is 3.53. The van der Waals surface area contributed by atoms with Gasteiger partial charge in [0.2, 0.25) is 0 Å². The lowest BCUT2D eigenvalue weighted by Gasteiger charge is -2.28. The molecule has 0 unspecified atom stereocenters. The zero-order chi connectivity index (χ0) is 8.20. The summed E-state index contributed by atoms with van der Waals surface area (Å²) in [5.41, 5.74) is 0. The van der Waals surface area contributed by atoms with Gasteiger partial charge in [-0.1, -0.05) is 33.5 Å². The van der Waals surface area contributed by atoms with Crippen LogP contribution < -0.4 is 5.09 Å². The van der Waals surface area contributed by atoms with Crippen LogP contribution >= 0.6 is 0 Å². The van der Waals surface area contributed by atoms with E-state index in [2.05, 4.69) is 43.6 Å². The molecule has 0 heterocycles. The van der Waals surface area contributed by atoms with Crippen LogP contribution in [0.4, 0.5) is 0 Å². The van der Waals surface area contributed by atoms with E-state index in [1.54, 1.807) is 0 Å². The van der Waals surface area contributed by atoms with Crippen LogP contribution in [0.15, 0.2) is 0 Å². The normalized spacial score (nSPS) is 12.6. The molecule has 0 saturated carbocycles. The van der Waals surface area contributed by atoms with E-state index in [9.17, 15) is 0 Å². The van der Waals surface area contributed by atoms with Gasteiger partial charge in [0.25, 0.3) is 0 Å². The molecule has 0 rings (SSSR count). The highest BCUT2D eigenvalue weighted by atomic mass is 28.3. The molecule has 3 heteroatoms. The number of hydrazine groups is 1. The first-order valence-corrected chi connectivity index (χ1v) is 7.52. The molecule has 2 nitrogen and oxygen atoms in total. The first kappa shape index (κ1) is 10.1. The third kappa shape index (κ3) is 4.96. The van der Waals surface area contributed by atoms with Gasteiger partial charge in [-0.25, -0.2) is 0 Å². The molecule has 0 aromatic heterocycles. The SMILES string of the molecule is CCN(CC)N[Si](C)(C)C. The number of nitrogens with zero attached hydrogens (tertiary/aromatic N) is 1. The van der Waals surface area contributed by atoms with E-state index in [0.29, 0.717) is 0 Å². The summed E-state index contributed by atoms with van der Waals surface area (Å²) >= 11 is 0.